The topological polar surface area (TPSA) is 90.7 Å². The first-order valence-corrected chi connectivity index (χ1v) is 8.61. The molecule has 2 heterocycles. The Labute approximate surface area is 174 Å². The number of rotatable bonds is 7. The van der Waals surface area contributed by atoms with Crippen molar-refractivity contribution in [1.82, 2.24) is 10.3 Å². The summed E-state index contributed by atoms with van der Waals surface area (Å²) in [5, 5.41) is 3.28. The van der Waals surface area contributed by atoms with Gasteiger partial charge in [0.05, 0.1) is 31.9 Å². The van der Waals surface area contributed by atoms with Crippen LogP contribution in [0.15, 0.2) is 59.3 Å². The molecule has 1 aromatic carbocycles. The Morgan fingerprint density at radius 2 is 1.69 bits per heavy atom. The molecule has 0 atom stereocenters. The van der Waals surface area contributed by atoms with E-state index in [0.29, 0.717) is 24.4 Å². The van der Waals surface area contributed by atoms with Crippen molar-refractivity contribution >= 4 is 24.3 Å². The lowest BCUT2D eigenvalue weighted by molar-refractivity contribution is 0.0599. The summed E-state index contributed by atoms with van der Waals surface area (Å²) in [4.78, 5) is 27.9. The monoisotopic (exact) mass is 416 g/mol. The normalized spacial score (nSPS) is 10.1. The van der Waals surface area contributed by atoms with Crippen molar-refractivity contribution in [2.45, 2.75) is 13.1 Å². The van der Waals surface area contributed by atoms with E-state index in [1.165, 1.54) is 20.3 Å². The second-order valence-corrected chi connectivity index (χ2v) is 6.01. The third-order valence-electron chi connectivity index (χ3n) is 4.07. The summed E-state index contributed by atoms with van der Waals surface area (Å²) in [6.07, 6.45) is 3.53. The van der Waals surface area contributed by atoms with Crippen molar-refractivity contribution in [2.24, 2.45) is 0 Å². The summed E-state index contributed by atoms with van der Waals surface area (Å²) in [5.41, 5.74) is 2.14. The van der Waals surface area contributed by atoms with E-state index in [1.54, 1.807) is 30.6 Å². The number of nitrogens with zero attached hydrogens (tertiary/aromatic N) is 1. The van der Waals surface area contributed by atoms with E-state index in [4.69, 9.17) is 13.9 Å². The summed E-state index contributed by atoms with van der Waals surface area (Å²) in [6, 6.07) is 12.2. The molecule has 0 aliphatic carbocycles. The van der Waals surface area contributed by atoms with Crippen LogP contribution in [0, 0.1) is 0 Å². The molecule has 3 rings (SSSR count). The minimum atomic E-state index is -0.545. The fourth-order valence-electron chi connectivity index (χ4n) is 2.70. The molecule has 3 aromatic rings. The molecular formula is C21H21ClN2O5. The lowest BCUT2D eigenvalue weighted by Gasteiger charge is -2.07. The highest BCUT2D eigenvalue weighted by Crippen LogP contribution is 2.25. The number of hydrogen-bond donors (Lipinski definition) is 1. The molecule has 0 bridgehead atoms. The van der Waals surface area contributed by atoms with E-state index < -0.39 is 11.9 Å². The smallest absolute Gasteiger partial charge is 0.337 e. The van der Waals surface area contributed by atoms with E-state index in [-0.39, 0.29) is 23.5 Å². The molecule has 7 nitrogen and oxygen atoms in total. The molecule has 0 saturated carbocycles. The van der Waals surface area contributed by atoms with Gasteiger partial charge in [0.2, 0.25) is 0 Å². The maximum Gasteiger partial charge on any atom is 0.337 e. The van der Waals surface area contributed by atoms with Gasteiger partial charge in [-0.05, 0) is 42.0 Å². The SMILES string of the molecule is COC(=O)c1cc(C(=O)OC)cc(-c2ccc(CNCc3cccnc3)o2)c1.Cl. The molecule has 1 N–H and O–H groups in total. The number of pyridine rings is 1. The molecule has 0 saturated heterocycles. The fraction of sp³-hybridized carbons (Fsp3) is 0.190. The molecule has 8 heteroatoms. The predicted octanol–water partition coefficient (Wildman–Crippen LogP) is 3.63. The fourth-order valence-corrected chi connectivity index (χ4v) is 2.70. The van der Waals surface area contributed by atoms with Crippen LogP contribution in [0.3, 0.4) is 0 Å². The van der Waals surface area contributed by atoms with Crippen molar-refractivity contribution < 1.29 is 23.5 Å². The molecule has 0 radical (unpaired) electrons. The van der Waals surface area contributed by atoms with Gasteiger partial charge in [-0.1, -0.05) is 6.07 Å². The van der Waals surface area contributed by atoms with Gasteiger partial charge in [-0.3, -0.25) is 4.98 Å². The minimum Gasteiger partial charge on any atom is -0.465 e. The molecule has 0 fully saturated rings. The van der Waals surface area contributed by atoms with Crippen molar-refractivity contribution in [1.29, 1.82) is 0 Å². The van der Waals surface area contributed by atoms with Crippen molar-refractivity contribution in [2.75, 3.05) is 14.2 Å². The Balaban J connectivity index is 0.00000300. The highest BCUT2D eigenvalue weighted by atomic mass is 35.5. The van der Waals surface area contributed by atoms with Gasteiger partial charge in [0, 0.05) is 24.5 Å². The summed E-state index contributed by atoms with van der Waals surface area (Å²) < 4.78 is 15.4. The Morgan fingerprint density at radius 1 is 1.00 bits per heavy atom. The number of carbonyl (C=O) groups excluding carboxylic acids is 2. The standard InChI is InChI=1S/C21H20N2O5.ClH/c1-26-20(24)16-8-15(9-17(10-16)21(25)27-2)19-6-5-18(28-19)13-23-12-14-4-3-7-22-11-14;/h3-11,23H,12-13H2,1-2H3;1H. The average Bonchev–Trinajstić information content (AvgIpc) is 3.22. The molecule has 0 amide bonds. The van der Waals surface area contributed by atoms with Crippen LogP contribution in [0.2, 0.25) is 0 Å². The molecule has 0 spiro atoms. The van der Waals surface area contributed by atoms with E-state index in [0.717, 1.165) is 11.3 Å². The zero-order valence-electron chi connectivity index (χ0n) is 16.0. The van der Waals surface area contributed by atoms with Crippen LogP contribution in [0.4, 0.5) is 0 Å². The molecule has 0 unspecified atom stereocenters. The predicted molar refractivity (Wildman–Crippen MR) is 109 cm³/mol. The Bertz CT molecular complexity index is 938. The zero-order chi connectivity index (χ0) is 19.9. The molecule has 0 aliphatic rings. The number of benzene rings is 1. The first kappa shape index (κ1) is 22.1. The lowest BCUT2D eigenvalue weighted by atomic mass is 10.0. The third kappa shape index (κ3) is 5.66. The van der Waals surface area contributed by atoms with Gasteiger partial charge in [-0.25, -0.2) is 9.59 Å². The van der Waals surface area contributed by atoms with Crippen LogP contribution in [0.5, 0.6) is 0 Å². The van der Waals surface area contributed by atoms with Gasteiger partial charge in [-0.15, -0.1) is 12.4 Å². The number of esters is 2. The van der Waals surface area contributed by atoms with Gasteiger partial charge in [-0.2, -0.15) is 0 Å². The third-order valence-corrected chi connectivity index (χ3v) is 4.07. The number of hydrogen-bond acceptors (Lipinski definition) is 7. The van der Waals surface area contributed by atoms with Crippen LogP contribution in [0.1, 0.15) is 32.0 Å². The van der Waals surface area contributed by atoms with E-state index in [9.17, 15) is 9.59 Å². The maximum absolute atomic E-state index is 11.9. The largest absolute Gasteiger partial charge is 0.465 e. The minimum absolute atomic E-state index is 0. The van der Waals surface area contributed by atoms with Crippen LogP contribution in [0.25, 0.3) is 11.3 Å². The quantitative estimate of drug-likeness (QED) is 0.588. The first-order chi connectivity index (χ1) is 13.6. The van der Waals surface area contributed by atoms with Crippen LogP contribution in [-0.2, 0) is 22.6 Å². The van der Waals surface area contributed by atoms with Crippen LogP contribution in [-0.4, -0.2) is 31.1 Å². The van der Waals surface area contributed by atoms with Crippen molar-refractivity contribution in [3.63, 3.8) is 0 Å². The Morgan fingerprint density at radius 3 is 2.28 bits per heavy atom. The van der Waals surface area contributed by atoms with Gasteiger partial charge in [0.1, 0.15) is 11.5 Å². The van der Waals surface area contributed by atoms with E-state index >= 15 is 0 Å². The number of carbonyl (C=O) groups is 2. The highest BCUT2D eigenvalue weighted by molar-refractivity contribution is 5.97. The number of nitrogens with one attached hydrogen (secondary N) is 1. The number of methoxy groups -OCH3 is 2. The Hall–Kier alpha value is -3.16. The van der Waals surface area contributed by atoms with Crippen molar-refractivity contribution in [3.8, 4) is 11.3 Å². The van der Waals surface area contributed by atoms with E-state index in [1.807, 2.05) is 18.2 Å². The number of furan rings is 1. The van der Waals surface area contributed by atoms with E-state index in [2.05, 4.69) is 10.3 Å². The number of ether oxygens (including phenoxy) is 2. The van der Waals surface area contributed by atoms with Crippen molar-refractivity contribution in [3.05, 3.63) is 77.3 Å². The van der Waals surface area contributed by atoms with Gasteiger partial charge in [0.15, 0.2) is 0 Å². The summed E-state index contributed by atoms with van der Waals surface area (Å²) >= 11 is 0. The summed E-state index contributed by atoms with van der Waals surface area (Å²) in [5.74, 6) is 0.171. The summed E-state index contributed by atoms with van der Waals surface area (Å²) in [7, 11) is 2.57. The molecule has 2 aromatic heterocycles. The zero-order valence-corrected chi connectivity index (χ0v) is 16.8. The lowest BCUT2D eigenvalue weighted by Crippen LogP contribution is -2.12. The van der Waals surface area contributed by atoms with Crippen LogP contribution < -0.4 is 5.32 Å². The second kappa shape index (κ2) is 10.4. The molecule has 29 heavy (non-hydrogen) atoms. The molecular weight excluding hydrogens is 396 g/mol. The molecule has 0 aliphatic heterocycles. The number of halogens is 1. The molecule has 152 valence electrons. The maximum atomic E-state index is 11.9. The number of aromatic nitrogens is 1. The van der Waals surface area contributed by atoms with Crippen LogP contribution >= 0.6 is 12.4 Å². The summed E-state index contributed by atoms with van der Waals surface area (Å²) in [6.45, 7) is 1.18. The first-order valence-electron chi connectivity index (χ1n) is 8.61. The van der Waals surface area contributed by atoms with Gasteiger partial charge < -0.3 is 19.2 Å². The van der Waals surface area contributed by atoms with Gasteiger partial charge in [0.25, 0.3) is 0 Å². The van der Waals surface area contributed by atoms with Gasteiger partial charge >= 0.3 is 11.9 Å². The highest BCUT2D eigenvalue weighted by Gasteiger charge is 2.16. The second-order valence-electron chi connectivity index (χ2n) is 6.01. The average molecular weight is 417 g/mol. The Kier molecular flexibility index (Phi) is 7.94.